The summed E-state index contributed by atoms with van der Waals surface area (Å²) in [5.41, 5.74) is -1.00. The molecule has 1 amide bonds. The Labute approximate surface area is 247 Å². The summed E-state index contributed by atoms with van der Waals surface area (Å²) in [7, 11) is 1.86. The number of nitrogens with zero attached hydrogens (tertiary/aromatic N) is 4. The molecule has 2 aliphatic rings. The van der Waals surface area contributed by atoms with Crippen LogP contribution in [-0.2, 0) is 25.6 Å². The third-order valence-electron chi connectivity index (χ3n) is 8.79. The predicted molar refractivity (Wildman–Crippen MR) is 154 cm³/mol. The van der Waals surface area contributed by atoms with Gasteiger partial charge in [0.15, 0.2) is 0 Å². The van der Waals surface area contributed by atoms with E-state index in [1.807, 2.05) is 25.5 Å². The Kier molecular flexibility index (Phi) is 8.28. The number of hydrogen-bond donors (Lipinski definition) is 2. The van der Waals surface area contributed by atoms with Gasteiger partial charge in [-0.2, -0.15) is 13.2 Å². The number of pyridine rings is 1. The summed E-state index contributed by atoms with van der Waals surface area (Å²) >= 11 is 0. The first-order valence-corrected chi connectivity index (χ1v) is 14.7. The van der Waals surface area contributed by atoms with Crippen LogP contribution in [0.3, 0.4) is 0 Å². The largest absolute Gasteiger partial charge is 0.406 e. The Morgan fingerprint density at radius 2 is 1.91 bits per heavy atom. The maximum atomic E-state index is 15.1. The number of halogens is 4. The molecule has 0 saturated heterocycles. The Bertz CT molecular complexity index is 1550. The van der Waals surface area contributed by atoms with E-state index in [-0.39, 0.29) is 17.6 Å². The predicted octanol–water partition coefficient (Wildman–Crippen LogP) is 5.56. The maximum absolute atomic E-state index is 15.1. The van der Waals surface area contributed by atoms with Gasteiger partial charge in [-0.3, -0.25) is 9.59 Å². The third-order valence-corrected chi connectivity index (χ3v) is 8.79. The molecule has 2 aromatic heterocycles. The number of hydrogen-bond acceptors (Lipinski definition) is 5. The molecule has 2 N–H and O–H groups in total. The maximum Gasteiger partial charge on any atom is 0.406 e. The topological polar surface area (TPSA) is 93.8 Å². The van der Waals surface area contributed by atoms with Gasteiger partial charge in [0.2, 0.25) is 0 Å². The molecule has 0 atom stereocenters. The fourth-order valence-electron chi connectivity index (χ4n) is 7.14. The van der Waals surface area contributed by atoms with Crippen molar-refractivity contribution in [2.24, 2.45) is 24.3 Å². The second-order valence-corrected chi connectivity index (χ2v) is 13.0. The Hall–Kier alpha value is -3.54. The highest BCUT2D eigenvalue weighted by Gasteiger charge is 2.62. The van der Waals surface area contributed by atoms with Gasteiger partial charge in [-0.1, -0.05) is 26.8 Å². The average Bonchev–Trinajstić information content (AvgIpc) is 3.31. The molecule has 0 bridgehead atoms. The van der Waals surface area contributed by atoms with Crippen LogP contribution in [0.5, 0.6) is 0 Å². The van der Waals surface area contributed by atoms with E-state index in [1.165, 1.54) is 12.1 Å². The zero-order chi connectivity index (χ0) is 31.2. The van der Waals surface area contributed by atoms with Gasteiger partial charge in [0.05, 0.1) is 11.1 Å². The van der Waals surface area contributed by atoms with Crippen LogP contribution in [0.15, 0.2) is 41.6 Å². The fraction of sp³-hybridized carbons (Fsp3) is 0.548. The van der Waals surface area contributed by atoms with E-state index in [2.05, 4.69) is 27.8 Å². The summed E-state index contributed by atoms with van der Waals surface area (Å²) in [6.07, 6.45) is 2.72. The van der Waals surface area contributed by atoms with Crippen LogP contribution < -0.4 is 16.2 Å². The molecular formula is C31H38F4N6O2. The lowest BCUT2D eigenvalue weighted by molar-refractivity contribution is -0.141. The highest BCUT2D eigenvalue weighted by molar-refractivity contribution is 6.04. The fourth-order valence-corrected chi connectivity index (χ4v) is 7.14. The Balaban J connectivity index is 1.44. The van der Waals surface area contributed by atoms with E-state index in [1.54, 1.807) is 18.5 Å². The normalized spacial score (nSPS) is 23.3. The summed E-state index contributed by atoms with van der Waals surface area (Å²) in [4.78, 5) is 26.4. The van der Waals surface area contributed by atoms with Crippen LogP contribution in [0.25, 0.3) is 0 Å². The molecule has 2 aliphatic carbocycles. The summed E-state index contributed by atoms with van der Waals surface area (Å²) < 4.78 is 57.3. The van der Waals surface area contributed by atoms with Crippen molar-refractivity contribution in [1.29, 1.82) is 0 Å². The minimum absolute atomic E-state index is 0.158. The number of amides is 1. The van der Waals surface area contributed by atoms with Crippen molar-refractivity contribution in [2.75, 3.05) is 11.9 Å². The molecule has 0 aliphatic heterocycles. The van der Waals surface area contributed by atoms with Gasteiger partial charge in [-0.25, -0.2) is 4.39 Å². The number of anilines is 1. The van der Waals surface area contributed by atoms with E-state index < -0.39 is 41.0 Å². The highest BCUT2D eigenvalue weighted by atomic mass is 19.4. The van der Waals surface area contributed by atoms with E-state index in [0.717, 1.165) is 49.7 Å². The quantitative estimate of drug-likeness (QED) is 0.234. The molecule has 1 aromatic carbocycles. The molecule has 2 fully saturated rings. The van der Waals surface area contributed by atoms with E-state index in [9.17, 15) is 22.8 Å². The van der Waals surface area contributed by atoms with Crippen LogP contribution in [0.2, 0.25) is 0 Å². The Morgan fingerprint density at radius 3 is 2.51 bits per heavy atom. The van der Waals surface area contributed by atoms with E-state index >= 15 is 4.39 Å². The van der Waals surface area contributed by atoms with Crippen LogP contribution >= 0.6 is 0 Å². The number of carbonyl (C=O) groups excluding carboxylic acids is 1. The molecule has 12 heteroatoms. The van der Waals surface area contributed by atoms with Crippen LogP contribution in [0, 0.1) is 23.1 Å². The monoisotopic (exact) mass is 602 g/mol. The molecule has 232 valence electrons. The molecular weight excluding hydrogens is 564 g/mol. The molecule has 8 nitrogen and oxygen atoms in total. The van der Waals surface area contributed by atoms with Gasteiger partial charge in [-0.05, 0) is 85.2 Å². The zero-order valence-electron chi connectivity index (χ0n) is 24.9. The van der Waals surface area contributed by atoms with Crippen molar-refractivity contribution in [3.8, 4) is 0 Å². The summed E-state index contributed by atoms with van der Waals surface area (Å²) in [5.74, 6) is 0.108. The SMILES string of the molecule is CC(C)CCNCc1cc(C(=O)Nc2cc(C3(c4nncn4C)CC4(CC(C)C4)C3)ccc2F)c(=O)n(CC(F)(F)F)c1. The molecule has 0 unspecified atom stereocenters. The molecule has 3 aromatic rings. The van der Waals surface area contributed by atoms with Crippen molar-refractivity contribution in [3.63, 3.8) is 0 Å². The Morgan fingerprint density at radius 1 is 1.19 bits per heavy atom. The molecule has 0 radical (unpaired) electrons. The van der Waals surface area contributed by atoms with Gasteiger partial charge in [-0.15, -0.1) is 10.2 Å². The molecule has 43 heavy (non-hydrogen) atoms. The lowest BCUT2D eigenvalue weighted by atomic mass is 9.41. The summed E-state index contributed by atoms with van der Waals surface area (Å²) in [5, 5.41) is 14.1. The minimum atomic E-state index is -4.67. The second kappa shape index (κ2) is 11.5. The van der Waals surface area contributed by atoms with Gasteiger partial charge in [0.1, 0.15) is 30.1 Å². The zero-order valence-corrected chi connectivity index (χ0v) is 24.9. The number of carbonyl (C=O) groups is 1. The number of benzene rings is 1. The van der Waals surface area contributed by atoms with Gasteiger partial charge in [0.25, 0.3) is 11.5 Å². The van der Waals surface area contributed by atoms with Crippen molar-refractivity contribution < 1.29 is 22.4 Å². The number of alkyl halides is 3. The standard InChI is InChI=1S/C31H38F4N6O2/c1-19(2)7-8-36-13-21-9-23(27(43)41(14-21)17-31(33,34)35)26(42)38-25-10-22(5-6-24(25)32)30(28-39-37-18-40(28)4)15-29(16-30)11-20(3)12-29/h5-6,9-10,14,18-20,36H,7-8,11-13,15-17H2,1-4H3,(H,38,42). The summed E-state index contributed by atoms with van der Waals surface area (Å²) in [6.45, 7) is 5.55. The molecule has 2 saturated carbocycles. The van der Waals surface area contributed by atoms with Crippen LogP contribution in [0.1, 0.15) is 80.2 Å². The first-order valence-electron chi connectivity index (χ1n) is 14.7. The number of aromatic nitrogens is 4. The van der Waals surface area contributed by atoms with Crippen molar-refractivity contribution in [2.45, 2.75) is 77.6 Å². The van der Waals surface area contributed by atoms with Crippen molar-refractivity contribution >= 4 is 11.6 Å². The van der Waals surface area contributed by atoms with Gasteiger partial charge in [0, 0.05) is 19.8 Å². The first kappa shape index (κ1) is 30.9. The lowest BCUT2D eigenvalue weighted by Crippen LogP contribution is -2.57. The third kappa shape index (κ3) is 6.39. The van der Waals surface area contributed by atoms with Gasteiger partial charge >= 0.3 is 6.18 Å². The van der Waals surface area contributed by atoms with Gasteiger partial charge < -0.3 is 19.8 Å². The molecule has 5 rings (SSSR count). The molecule has 2 heterocycles. The van der Waals surface area contributed by atoms with E-state index in [4.69, 9.17) is 0 Å². The van der Waals surface area contributed by atoms with E-state index in [0.29, 0.717) is 28.5 Å². The lowest BCUT2D eigenvalue weighted by Gasteiger charge is -2.63. The highest BCUT2D eigenvalue weighted by Crippen LogP contribution is 2.68. The number of rotatable bonds is 10. The smallest absolute Gasteiger partial charge is 0.320 e. The van der Waals surface area contributed by atoms with Crippen molar-refractivity contribution in [1.82, 2.24) is 24.6 Å². The van der Waals surface area contributed by atoms with Crippen molar-refractivity contribution in [3.05, 3.63) is 75.5 Å². The summed E-state index contributed by atoms with van der Waals surface area (Å²) in [6, 6.07) is 5.74. The van der Waals surface area contributed by atoms with Crippen LogP contribution in [0.4, 0.5) is 23.2 Å². The second-order valence-electron chi connectivity index (χ2n) is 13.0. The number of nitrogens with one attached hydrogen (secondary N) is 2. The van der Waals surface area contributed by atoms with Crippen LogP contribution in [-0.4, -0.2) is 38.0 Å². The minimum Gasteiger partial charge on any atom is -0.320 e. The average molecular weight is 603 g/mol. The molecule has 1 spiro atoms. The first-order chi connectivity index (χ1) is 20.2. The number of aryl methyl sites for hydroxylation is 1.